The van der Waals surface area contributed by atoms with Gasteiger partial charge in [0.25, 0.3) is 11.8 Å². The summed E-state index contributed by atoms with van der Waals surface area (Å²) in [5.41, 5.74) is 3.93. The molecule has 0 aliphatic rings. The first-order valence-electron chi connectivity index (χ1n) is 13.7. The van der Waals surface area contributed by atoms with Gasteiger partial charge >= 0.3 is 0 Å². The number of carbonyl (C=O) groups excluding carboxylic acids is 2. The van der Waals surface area contributed by atoms with Gasteiger partial charge < -0.3 is 30.3 Å². The first kappa shape index (κ1) is 30.0. The second kappa shape index (κ2) is 14.1. The van der Waals surface area contributed by atoms with Crippen molar-refractivity contribution in [3.8, 4) is 17.4 Å². The molecule has 4 rings (SSSR count). The molecule has 0 unspecified atom stereocenters. The highest BCUT2D eigenvalue weighted by Crippen LogP contribution is 2.33. The summed E-state index contributed by atoms with van der Waals surface area (Å²) in [7, 11) is 3.90. The van der Waals surface area contributed by atoms with E-state index in [2.05, 4.69) is 25.9 Å². The van der Waals surface area contributed by atoms with Gasteiger partial charge in [0.05, 0.1) is 6.61 Å². The minimum absolute atomic E-state index is 0.0558. The molecule has 0 bridgehead atoms. The van der Waals surface area contributed by atoms with Crippen LogP contribution in [-0.4, -0.2) is 60.5 Å². The minimum atomic E-state index is -0.410. The van der Waals surface area contributed by atoms with Crippen LogP contribution in [0.4, 0.5) is 17.3 Å². The van der Waals surface area contributed by atoms with Gasteiger partial charge in [-0.05, 0) is 82.4 Å². The summed E-state index contributed by atoms with van der Waals surface area (Å²) >= 11 is 0. The molecule has 3 aromatic carbocycles. The van der Waals surface area contributed by atoms with Crippen molar-refractivity contribution in [2.24, 2.45) is 0 Å². The monoisotopic (exact) mass is 568 g/mol. The quantitative estimate of drug-likeness (QED) is 0.203. The van der Waals surface area contributed by atoms with Gasteiger partial charge in [0, 0.05) is 36.2 Å². The second-order valence-corrected chi connectivity index (χ2v) is 9.88. The molecule has 0 aliphatic carbocycles. The number of amides is 2. The Balaban J connectivity index is 1.59. The van der Waals surface area contributed by atoms with E-state index < -0.39 is 5.91 Å². The van der Waals surface area contributed by atoms with E-state index in [1.807, 2.05) is 70.1 Å². The normalized spacial score (nSPS) is 10.7. The topological polar surface area (TPSA) is 118 Å². The van der Waals surface area contributed by atoms with E-state index in [9.17, 15) is 9.59 Å². The lowest BCUT2D eigenvalue weighted by molar-refractivity contribution is 0.0950. The third-order valence-electron chi connectivity index (χ3n) is 6.32. The lowest BCUT2D eigenvalue weighted by Gasteiger charge is -2.16. The van der Waals surface area contributed by atoms with Gasteiger partial charge in [-0.3, -0.25) is 9.59 Å². The Bertz CT molecular complexity index is 1520. The summed E-state index contributed by atoms with van der Waals surface area (Å²) in [6, 6.07) is 19.9. The fourth-order valence-corrected chi connectivity index (χ4v) is 4.09. The maximum absolute atomic E-state index is 13.5. The van der Waals surface area contributed by atoms with Crippen molar-refractivity contribution >= 4 is 29.1 Å². The number of benzene rings is 3. The molecule has 0 fully saturated rings. The van der Waals surface area contributed by atoms with Gasteiger partial charge in [-0.1, -0.05) is 30.3 Å². The van der Waals surface area contributed by atoms with Crippen LogP contribution in [0.5, 0.6) is 17.4 Å². The number of hydrogen-bond acceptors (Lipinski definition) is 8. The summed E-state index contributed by atoms with van der Waals surface area (Å²) < 4.78 is 11.9. The molecule has 0 saturated carbocycles. The van der Waals surface area contributed by atoms with Crippen LogP contribution in [0.15, 0.2) is 72.9 Å². The van der Waals surface area contributed by atoms with Crippen LogP contribution in [0.3, 0.4) is 0 Å². The largest absolute Gasteiger partial charge is 0.490 e. The van der Waals surface area contributed by atoms with Gasteiger partial charge in [0.2, 0.25) is 11.8 Å². The third kappa shape index (κ3) is 7.82. The molecular formula is C32H36N6O4. The predicted molar refractivity (Wildman–Crippen MR) is 164 cm³/mol. The van der Waals surface area contributed by atoms with E-state index in [4.69, 9.17) is 9.47 Å². The van der Waals surface area contributed by atoms with E-state index in [1.165, 1.54) is 6.20 Å². The van der Waals surface area contributed by atoms with Gasteiger partial charge in [-0.2, -0.15) is 4.98 Å². The Morgan fingerprint density at radius 3 is 2.24 bits per heavy atom. The zero-order valence-corrected chi connectivity index (χ0v) is 24.5. The fourth-order valence-electron chi connectivity index (χ4n) is 4.09. The Hall–Kier alpha value is -4.96. The van der Waals surface area contributed by atoms with E-state index in [-0.39, 0.29) is 23.3 Å². The number of aromatic nitrogens is 2. The highest BCUT2D eigenvalue weighted by atomic mass is 16.5. The summed E-state index contributed by atoms with van der Waals surface area (Å²) in [4.78, 5) is 36.8. The number of aryl methyl sites for hydroxylation is 2. The Morgan fingerprint density at radius 2 is 1.57 bits per heavy atom. The smallest absolute Gasteiger partial charge is 0.262 e. The van der Waals surface area contributed by atoms with Gasteiger partial charge in [-0.25, -0.2) is 4.98 Å². The number of carbonyl (C=O) groups is 2. The molecule has 0 atom stereocenters. The number of ether oxygens (including phenoxy) is 2. The number of nitrogens with one attached hydrogen (secondary N) is 3. The highest BCUT2D eigenvalue weighted by molar-refractivity contribution is 6.06. The van der Waals surface area contributed by atoms with Crippen LogP contribution >= 0.6 is 0 Å². The summed E-state index contributed by atoms with van der Waals surface area (Å²) in [6.07, 6.45) is 1.42. The standard InChI is InChI=1S/C32H36N6O4/c1-6-41-26-12-7-8-13-27(26)42-31-25(30(40)36-28-21(2)10-9-11-22(28)3)20-34-32(37-31)35-24-16-14-23(15-17-24)29(39)33-18-19-38(4)5/h7-17,20H,6,18-19H2,1-5H3,(H,33,39)(H,36,40)(H,34,35,37). The van der Waals surface area contributed by atoms with Crippen LogP contribution in [0, 0.1) is 13.8 Å². The summed E-state index contributed by atoms with van der Waals surface area (Å²) in [5, 5.41) is 9.00. The lowest BCUT2D eigenvalue weighted by atomic mass is 10.1. The van der Waals surface area contributed by atoms with Crippen molar-refractivity contribution in [2.75, 3.05) is 44.4 Å². The van der Waals surface area contributed by atoms with Crippen molar-refractivity contribution in [3.05, 3.63) is 95.2 Å². The minimum Gasteiger partial charge on any atom is -0.490 e. The third-order valence-corrected chi connectivity index (χ3v) is 6.32. The number of likely N-dealkylation sites (N-methyl/N-ethyl adjacent to an activating group) is 1. The number of para-hydroxylation sites is 3. The van der Waals surface area contributed by atoms with Gasteiger partial charge in [0.1, 0.15) is 5.56 Å². The van der Waals surface area contributed by atoms with Crippen LogP contribution < -0.4 is 25.4 Å². The molecule has 218 valence electrons. The average molecular weight is 569 g/mol. The molecule has 0 saturated heterocycles. The molecule has 0 aliphatic heterocycles. The van der Waals surface area contributed by atoms with Gasteiger partial charge in [0.15, 0.2) is 11.5 Å². The first-order chi connectivity index (χ1) is 20.2. The SMILES string of the molecule is CCOc1ccccc1Oc1nc(Nc2ccc(C(=O)NCCN(C)C)cc2)ncc1C(=O)Nc1c(C)cccc1C. The van der Waals surface area contributed by atoms with Crippen molar-refractivity contribution in [1.82, 2.24) is 20.2 Å². The molecule has 2 amide bonds. The maximum atomic E-state index is 13.5. The summed E-state index contributed by atoms with van der Waals surface area (Å²) in [5.74, 6) is 0.643. The number of hydrogen-bond donors (Lipinski definition) is 3. The van der Waals surface area contributed by atoms with Gasteiger partial charge in [-0.15, -0.1) is 0 Å². The van der Waals surface area contributed by atoms with Crippen LogP contribution in [-0.2, 0) is 0 Å². The Morgan fingerprint density at radius 1 is 0.881 bits per heavy atom. The highest BCUT2D eigenvalue weighted by Gasteiger charge is 2.20. The predicted octanol–water partition coefficient (Wildman–Crippen LogP) is 5.57. The Labute approximate surface area is 246 Å². The van der Waals surface area contributed by atoms with Crippen LogP contribution in [0.1, 0.15) is 38.8 Å². The molecule has 42 heavy (non-hydrogen) atoms. The van der Waals surface area contributed by atoms with E-state index in [0.29, 0.717) is 35.9 Å². The number of anilines is 3. The lowest BCUT2D eigenvalue weighted by Crippen LogP contribution is -2.31. The van der Waals surface area contributed by atoms with Crippen LogP contribution in [0.25, 0.3) is 0 Å². The Kier molecular flexibility index (Phi) is 10.1. The first-order valence-corrected chi connectivity index (χ1v) is 13.7. The molecule has 10 heteroatoms. The number of nitrogens with zero attached hydrogens (tertiary/aromatic N) is 3. The van der Waals surface area contributed by atoms with Crippen molar-refractivity contribution < 1.29 is 19.1 Å². The van der Waals surface area contributed by atoms with Crippen LogP contribution in [0.2, 0.25) is 0 Å². The van der Waals surface area contributed by atoms with Crippen molar-refractivity contribution in [1.29, 1.82) is 0 Å². The summed E-state index contributed by atoms with van der Waals surface area (Å²) in [6.45, 7) is 7.49. The molecule has 10 nitrogen and oxygen atoms in total. The molecular weight excluding hydrogens is 532 g/mol. The fraction of sp³-hybridized carbons (Fsp3) is 0.250. The van der Waals surface area contributed by atoms with Crippen molar-refractivity contribution in [2.45, 2.75) is 20.8 Å². The second-order valence-electron chi connectivity index (χ2n) is 9.88. The molecule has 4 aromatic rings. The molecule has 1 aromatic heterocycles. The van der Waals surface area contributed by atoms with E-state index >= 15 is 0 Å². The zero-order chi connectivity index (χ0) is 30.1. The maximum Gasteiger partial charge on any atom is 0.262 e. The molecule has 0 spiro atoms. The van der Waals surface area contributed by atoms with E-state index in [1.54, 1.807) is 36.4 Å². The zero-order valence-electron chi connectivity index (χ0n) is 24.5. The molecule has 1 heterocycles. The molecule has 3 N–H and O–H groups in total. The molecule has 0 radical (unpaired) electrons. The average Bonchev–Trinajstić information content (AvgIpc) is 2.96. The number of rotatable bonds is 12. The van der Waals surface area contributed by atoms with E-state index in [0.717, 1.165) is 23.4 Å². The van der Waals surface area contributed by atoms with Crippen molar-refractivity contribution in [3.63, 3.8) is 0 Å².